The van der Waals surface area contributed by atoms with Crippen LogP contribution in [-0.2, 0) is 0 Å². The lowest BCUT2D eigenvalue weighted by molar-refractivity contribution is 0.169. The average Bonchev–Trinajstić information content (AvgIpc) is 2.30. The minimum absolute atomic E-state index is 0. The first-order valence-electron chi connectivity index (χ1n) is 6.11. The van der Waals surface area contributed by atoms with Gasteiger partial charge in [-0.3, -0.25) is 4.90 Å². The summed E-state index contributed by atoms with van der Waals surface area (Å²) in [4.78, 5) is 2.39. The van der Waals surface area contributed by atoms with Crippen molar-refractivity contribution >= 4 is 36.4 Å². The molecule has 6 heteroatoms. The smallest absolute Gasteiger partial charge is 0.125 e. The van der Waals surface area contributed by atoms with Crippen molar-refractivity contribution in [2.45, 2.75) is 19.4 Å². The Morgan fingerprint density at radius 2 is 1.89 bits per heavy atom. The van der Waals surface area contributed by atoms with Gasteiger partial charge in [0.2, 0.25) is 0 Å². The maximum atomic E-state index is 13.4. The van der Waals surface area contributed by atoms with Gasteiger partial charge in [-0.15, -0.1) is 24.8 Å². The molecule has 1 heterocycles. The summed E-state index contributed by atoms with van der Waals surface area (Å²) in [6, 6.07) is 5.10. The molecular formula is C13H20Cl3FN2. The van der Waals surface area contributed by atoms with Crippen molar-refractivity contribution in [2.24, 2.45) is 0 Å². The highest BCUT2D eigenvalue weighted by Gasteiger charge is 2.21. The minimum Gasteiger partial charge on any atom is -0.314 e. The summed E-state index contributed by atoms with van der Waals surface area (Å²) in [5.74, 6) is -0.249. The molecule has 0 radical (unpaired) electrons. The Bertz CT molecular complexity index is 364. The molecule has 1 fully saturated rings. The number of benzene rings is 1. The van der Waals surface area contributed by atoms with E-state index in [0.717, 1.165) is 38.2 Å². The van der Waals surface area contributed by atoms with Crippen LogP contribution >= 0.6 is 36.4 Å². The van der Waals surface area contributed by atoms with Crippen molar-refractivity contribution in [3.8, 4) is 0 Å². The van der Waals surface area contributed by atoms with Gasteiger partial charge in [0, 0.05) is 37.2 Å². The standard InChI is InChI=1S/C13H18ClFN2.2ClH/c1-2-13(17-5-3-16-4-6-17)10-7-11(14)9-12(15)8-10;;/h7-9,13,16H,2-6H2,1H3;2*1H/t13-;;/m1../s1. The monoisotopic (exact) mass is 328 g/mol. The Morgan fingerprint density at radius 3 is 2.42 bits per heavy atom. The molecule has 2 rings (SSSR count). The third-order valence-corrected chi connectivity index (χ3v) is 3.47. The molecular weight excluding hydrogens is 310 g/mol. The lowest BCUT2D eigenvalue weighted by Crippen LogP contribution is -2.45. The number of piperazine rings is 1. The van der Waals surface area contributed by atoms with Crippen molar-refractivity contribution in [1.82, 2.24) is 10.2 Å². The van der Waals surface area contributed by atoms with Crippen molar-refractivity contribution < 1.29 is 4.39 Å². The van der Waals surface area contributed by atoms with Crippen molar-refractivity contribution in [3.05, 3.63) is 34.6 Å². The molecule has 19 heavy (non-hydrogen) atoms. The second-order valence-electron chi connectivity index (χ2n) is 4.41. The molecule has 1 atom stereocenters. The fourth-order valence-electron chi connectivity index (χ4n) is 2.47. The van der Waals surface area contributed by atoms with Crippen LogP contribution < -0.4 is 5.32 Å². The first kappa shape index (κ1) is 18.9. The number of halogens is 4. The van der Waals surface area contributed by atoms with E-state index in [1.54, 1.807) is 6.07 Å². The molecule has 0 spiro atoms. The van der Waals surface area contributed by atoms with E-state index in [4.69, 9.17) is 11.6 Å². The molecule has 1 aromatic rings. The highest BCUT2D eigenvalue weighted by molar-refractivity contribution is 6.30. The Kier molecular flexibility index (Phi) is 8.95. The Hall–Kier alpha value is -0.0600. The van der Waals surface area contributed by atoms with Crippen LogP contribution in [0.5, 0.6) is 0 Å². The van der Waals surface area contributed by atoms with Crippen LogP contribution in [0.25, 0.3) is 0 Å². The molecule has 1 aliphatic rings. The van der Waals surface area contributed by atoms with Crippen molar-refractivity contribution in [2.75, 3.05) is 26.2 Å². The Morgan fingerprint density at radius 1 is 1.26 bits per heavy atom. The van der Waals surface area contributed by atoms with E-state index < -0.39 is 0 Å². The Labute approximate surface area is 131 Å². The van der Waals surface area contributed by atoms with Crippen LogP contribution in [0.15, 0.2) is 18.2 Å². The van der Waals surface area contributed by atoms with E-state index >= 15 is 0 Å². The summed E-state index contributed by atoms with van der Waals surface area (Å²) in [6.45, 7) is 6.14. The largest absolute Gasteiger partial charge is 0.314 e. The molecule has 1 N–H and O–H groups in total. The molecule has 1 aliphatic heterocycles. The average molecular weight is 330 g/mol. The van der Waals surface area contributed by atoms with Crippen LogP contribution in [-0.4, -0.2) is 31.1 Å². The lowest BCUT2D eigenvalue weighted by Gasteiger charge is -2.34. The van der Waals surface area contributed by atoms with Gasteiger partial charge in [-0.05, 0) is 30.2 Å². The summed E-state index contributed by atoms with van der Waals surface area (Å²) >= 11 is 5.92. The van der Waals surface area contributed by atoms with Gasteiger partial charge in [0.25, 0.3) is 0 Å². The molecule has 1 aromatic carbocycles. The fraction of sp³-hybridized carbons (Fsp3) is 0.538. The zero-order chi connectivity index (χ0) is 12.3. The van der Waals surface area contributed by atoms with Crippen LogP contribution in [0.1, 0.15) is 24.9 Å². The SMILES string of the molecule is CC[C@H](c1cc(F)cc(Cl)c1)N1CCNCC1.Cl.Cl. The van der Waals surface area contributed by atoms with E-state index in [1.807, 2.05) is 6.07 Å². The molecule has 0 aliphatic carbocycles. The molecule has 0 bridgehead atoms. The van der Waals surface area contributed by atoms with Crippen LogP contribution in [0.4, 0.5) is 4.39 Å². The van der Waals surface area contributed by atoms with Gasteiger partial charge in [-0.2, -0.15) is 0 Å². The maximum absolute atomic E-state index is 13.4. The van der Waals surface area contributed by atoms with Crippen molar-refractivity contribution in [3.63, 3.8) is 0 Å². The predicted molar refractivity (Wildman–Crippen MR) is 83.4 cm³/mol. The molecule has 1 saturated heterocycles. The molecule has 0 saturated carbocycles. The first-order valence-corrected chi connectivity index (χ1v) is 6.49. The van der Waals surface area contributed by atoms with Gasteiger partial charge < -0.3 is 5.32 Å². The van der Waals surface area contributed by atoms with Gasteiger partial charge in [-0.25, -0.2) is 4.39 Å². The van der Waals surface area contributed by atoms with Crippen LogP contribution in [0, 0.1) is 5.82 Å². The quantitative estimate of drug-likeness (QED) is 0.910. The van der Waals surface area contributed by atoms with Gasteiger partial charge in [0.15, 0.2) is 0 Å². The van der Waals surface area contributed by atoms with Crippen LogP contribution in [0.3, 0.4) is 0 Å². The molecule has 0 aromatic heterocycles. The fourth-order valence-corrected chi connectivity index (χ4v) is 2.70. The molecule has 2 nitrogen and oxygen atoms in total. The zero-order valence-electron chi connectivity index (χ0n) is 10.9. The third-order valence-electron chi connectivity index (χ3n) is 3.25. The maximum Gasteiger partial charge on any atom is 0.125 e. The normalized spacial score (nSPS) is 17.2. The number of rotatable bonds is 3. The van der Waals surface area contributed by atoms with E-state index in [0.29, 0.717) is 5.02 Å². The number of hydrogen-bond donors (Lipinski definition) is 1. The highest BCUT2D eigenvalue weighted by Crippen LogP contribution is 2.27. The van der Waals surface area contributed by atoms with Gasteiger partial charge in [-0.1, -0.05) is 18.5 Å². The number of hydrogen-bond acceptors (Lipinski definition) is 2. The van der Waals surface area contributed by atoms with Crippen molar-refractivity contribution in [1.29, 1.82) is 0 Å². The second-order valence-corrected chi connectivity index (χ2v) is 4.85. The molecule has 0 unspecified atom stereocenters. The first-order chi connectivity index (χ1) is 8.20. The summed E-state index contributed by atoms with van der Waals surface area (Å²) < 4.78 is 13.4. The third kappa shape index (κ3) is 5.09. The summed E-state index contributed by atoms with van der Waals surface area (Å²) in [6.07, 6.45) is 0.972. The molecule has 110 valence electrons. The molecule has 0 amide bonds. The van der Waals surface area contributed by atoms with Gasteiger partial charge >= 0.3 is 0 Å². The van der Waals surface area contributed by atoms with Gasteiger partial charge in [0.1, 0.15) is 5.82 Å². The van der Waals surface area contributed by atoms with E-state index in [2.05, 4.69) is 17.1 Å². The van der Waals surface area contributed by atoms with Gasteiger partial charge in [0.05, 0.1) is 0 Å². The number of nitrogens with zero attached hydrogens (tertiary/aromatic N) is 1. The second kappa shape index (κ2) is 8.98. The zero-order valence-corrected chi connectivity index (χ0v) is 13.3. The van der Waals surface area contributed by atoms with E-state index in [9.17, 15) is 4.39 Å². The minimum atomic E-state index is -0.249. The van der Waals surface area contributed by atoms with Crippen LogP contribution in [0.2, 0.25) is 5.02 Å². The topological polar surface area (TPSA) is 15.3 Å². The number of nitrogens with one attached hydrogen (secondary N) is 1. The lowest BCUT2D eigenvalue weighted by atomic mass is 10.0. The summed E-state index contributed by atoms with van der Waals surface area (Å²) in [7, 11) is 0. The van der Waals surface area contributed by atoms with E-state index in [-0.39, 0.29) is 36.7 Å². The van der Waals surface area contributed by atoms with E-state index in [1.165, 1.54) is 6.07 Å². The predicted octanol–water partition coefficient (Wildman–Crippen LogP) is 3.68. The highest BCUT2D eigenvalue weighted by atomic mass is 35.5. The summed E-state index contributed by atoms with van der Waals surface area (Å²) in [5, 5.41) is 3.81. The summed E-state index contributed by atoms with van der Waals surface area (Å²) in [5.41, 5.74) is 0.986. The Balaban J connectivity index is 0.00000162.